The summed E-state index contributed by atoms with van der Waals surface area (Å²) in [7, 11) is 1.58. The first-order chi connectivity index (χ1) is 11.0. The number of pyridine rings is 1. The van der Waals surface area contributed by atoms with Gasteiger partial charge in [-0.3, -0.25) is 4.79 Å². The highest BCUT2D eigenvalue weighted by Crippen LogP contribution is 2.25. The lowest BCUT2D eigenvalue weighted by molar-refractivity contribution is 0.102. The minimum atomic E-state index is -0.0350. The number of aryl methyl sites for hydroxylation is 1. The van der Waals surface area contributed by atoms with Crippen molar-refractivity contribution in [2.75, 3.05) is 12.9 Å². The number of ketones is 1. The summed E-state index contributed by atoms with van der Waals surface area (Å²) < 4.78 is 5.12. The Labute approximate surface area is 144 Å². The highest BCUT2D eigenvalue weighted by molar-refractivity contribution is 8.00. The molecular formula is C17H15ClN2O2S. The number of carbonyl (C=O) groups excluding carboxylic acids is 1. The van der Waals surface area contributed by atoms with Crippen molar-refractivity contribution in [1.29, 1.82) is 5.26 Å². The lowest BCUT2D eigenvalue weighted by Gasteiger charge is -2.09. The van der Waals surface area contributed by atoms with Crippen molar-refractivity contribution in [3.63, 3.8) is 0 Å². The van der Waals surface area contributed by atoms with Gasteiger partial charge in [0, 0.05) is 23.4 Å². The molecule has 4 nitrogen and oxygen atoms in total. The topological polar surface area (TPSA) is 63.0 Å². The summed E-state index contributed by atoms with van der Waals surface area (Å²) in [6.07, 6.45) is 0. The molecule has 0 atom stereocenters. The molecule has 0 N–H and O–H groups in total. The monoisotopic (exact) mass is 346 g/mol. The SMILES string of the molecule is COCc1cc(C)nc(SCC(=O)c2ccc(Cl)cc2)c1C#N. The van der Waals surface area contributed by atoms with Crippen molar-refractivity contribution in [3.05, 3.63) is 57.7 Å². The lowest BCUT2D eigenvalue weighted by atomic mass is 10.1. The van der Waals surface area contributed by atoms with Crippen LogP contribution in [-0.2, 0) is 11.3 Å². The summed E-state index contributed by atoms with van der Waals surface area (Å²) in [4.78, 5) is 16.6. The van der Waals surface area contributed by atoms with Gasteiger partial charge in [-0.05, 0) is 42.8 Å². The van der Waals surface area contributed by atoms with Gasteiger partial charge in [0.1, 0.15) is 11.1 Å². The van der Waals surface area contributed by atoms with Gasteiger partial charge in [0.05, 0.1) is 17.9 Å². The van der Waals surface area contributed by atoms with Gasteiger partial charge in [0.15, 0.2) is 5.78 Å². The summed E-state index contributed by atoms with van der Waals surface area (Å²) in [5.74, 6) is 0.172. The molecular weight excluding hydrogens is 332 g/mol. The highest BCUT2D eigenvalue weighted by atomic mass is 35.5. The molecule has 23 heavy (non-hydrogen) atoms. The zero-order chi connectivity index (χ0) is 16.8. The Morgan fingerprint density at radius 3 is 2.70 bits per heavy atom. The summed E-state index contributed by atoms with van der Waals surface area (Å²) >= 11 is 7.08. The van der Waals surface area contributed by atoms with Crippen LogP contribution in [0.3, 0.4) is 0 Å². The molecule has 0 amide bonds. The Kier molecular flexibility index (Phi) is 6.17. The van der Waals surface area contributed by atoms with Gasteiger partial charge in [-0.25, -0.2) is 4.98 Å². The standard InChI is InChI=1S/C17H15ClN2O2S/c1-11-7-13(9-22-2)15(8-19)17(20-11)23-10-16(21)12-3-5-14(18)6-4-12/h3-7H,9-10H2,1-2H3. The van der Waals surface area contributed by atoms with Crippen LogP contribution in [0.25, 0.3) is 0 Å². The van der Waals surface area contributed by atoms with Crippen molar-refractivity contribution in [2.45, 2.75) is 18.6 Å². The Morgan fingerprint density at radius 1 is 1.39 bits per heavy atom. The Bertz CT molecular complexity index is 754. The normalized spacial score (nSPS) is 10.3. The number of methoxy groups -OCH3 is 1. The van der Waals surface area contributed by atoms with Crippen molar-refractivity contribution in [2.24, 2.45) is 0 Å². The van der Waals surface area contributed by atoms with Gasteiger partial charge in [0.25, 0.3) is 0 Å². The molecule has 1 aromatic heterocycles. The van der Waals surface area contributed by atoms with Crippen LogP contribution in [0, 0.1) is 18.3 Å². The number of hydrogen-bond donors (Lipinski definition) is 0. The fourth-order valence-electron chi connectivity index (χ4n) is 2.06. The summed E-state index contributed by atoms with van der Waals surface area (Å²) in [5.41, 5.74) is 2.62. The number of Topliss-reactive ketones (excluding diaryl/α,β-unsaturated/α-hetero) is 1. The van der Waals surface area contributed by atoms with Crippen LogP contribution in [0.2, 0.25) is 5.02 Å². The average Bonchev–Trinajstić information content (AvgIpc) is 2.53. The summed E-state index contributed by atoms with van der Waals surface area (Å²) in [6.45, 7) is 2.19. The predicted octanol–water partition coefficient (Wildman–Crippen LogP) is 4.04. The molecule has 0 unspecified atom stereocenters. The van der Waals surface area contributed by atoms with E-state index < -0.39 is 0 Å². The molecule has 0 aliphatic carbocycles. The van der Waals surface area contributed by atoms with E-state index in [4.69, 9.17) is 16.3 Å². The van der Waals surface area contributed by atoms with E-state index >= 15 is 0 Å². The van der Waals surface area contributed by atoms with Crippen LogP contribution < -0.4 is 0 Å². The first-order valence-corrected chi connectivity index (χ1v) is 8.22. The van der Waals surface area contributed by atoms with Crippen LogP contribution >= 0.6 is 23.4 Å². The van der Waals surface area contributed by atoms with Gasteiger partial charge in [0.2, 0.25) is 0 Å². The average molecular weight is 347 g/mol. The zero-order valence-electron chi connectivity index (χ0n) is 12.8. The van der Waals surface area contributed by atoms with Crippen molar-refractivity contribution < 1.29 is 9.53 Å². The maximum absolute atomic E-state index is 12.2. The molecule has 2 aromatic rings. The first kappa shape index (κ1) is 17.5. The van der Waals surface area contributed by atoms with Crippen LogP contribution in [0.1, 0.15) is 27.2 Å². The van der Waals surface area contributed by atoms with Gasteiger partial charge < -0.3 is 4.74 Å². The number of nitrogens with zero attached hydrogens (tertiary/aromatic N) is 2. The van der Waals surface area contributed by atoms with Crippen molar-refractivity contribution >= 4 is 29.1 Å². The summed E-state index contributed by atoms with van der Waals surface area (Å²) in [5, 5.41) is 10.5. The maximum Gasteiger partial charge on any atom is 0.173 e. The molecule has 0 aliphatic rings. The number of benzene rings is 1. The summed E-state index contributed by atoms with van der Waals surface area (Å²) in [6, 6.07) is 10.7. The quantitative estimate of drug-likeness (QED) is 0.583. The van der Waals surface area contributed by atoms with E-state index in [1.807, 2.05) is 13.0 Å². The number of aromatic nitrogens is 1. The van der Waals surface area contributed by atoms with Crippen LogP contribution in [0.15, 0.2) is 35.4 Å². The number of hydrogen-bond acceptors (Lipinski definition) is 5. The van der Waals surface area contributed by atoms with Gasteiger partial charge >= 0.3 is 0 Å². The molecule has 1 aromatic carbocycles. The molecule has 2 rings (SSSR count). The number of thioether (sulfide) groups is 1. The molecule has 1 heterocycles. The first-order valence-electron chi connectivity index (χ1n) is 6.86. The lowest BCUT2D eigenvalue weighted by Crippen LogP contribution is -2.05. The second-order valence-corrected chi connectivity index (χ2v) is 6.27. The van der Waals surface area contributed by atoms with E-state index in [0.29, 0.717) is 27.8 Å². The van der Waals surface area contributed by atoms with E-state index in [1.54, 1.807) is 31.4 Å². The number of ether oxygens (including phenoxy) is 1. The van der Waals surface area contributed by atoms with E-state index in [1.165, 1.54) is 11.8 Å². The molecule has 0 saturated heterocycles. The maximum atomic E-state index is 12.2. The molecule has 6 heteroatoms. The Balaban J connectivity index is 2.18. The van der Waals surface area contributed by atoms with E-state index in [9.17, 15) is 10.1 Å². The van der Waals surface area contributed by atoms with Crippen LogP contribution in [-0.4, -0.2) is 23.6 Å². The van der Waals surface area contributed by atoms with Crippen molar-refractivity contribution in [1.82, 2.24) is 4.98 Å². The highest BCUT2D eigenvalue weighted by Gasteiger charge is 2.14. The number of carbonyl (C=O) groups is 1. The van der Waals surface area contributed by atoms with E-state index in [-0.39, 0.29) is 11.5 Å². The van der Waals surface area contributed by atoms with Crippen molar-refractivity contribution in [3.8, 4) is 6.07 Å². The van der Waals surface area contributed by atoms with E-state index in [0.717, 1.165) is 11.3 Å². The van der Waals surface area contributed by atoms with Crippen LogP contribution in [0.5, 0.6) is 0 Å². The molecule has 118 valence electrons. The molecule has 0 bridgehead atoms. The smallest absolute Gasteiger partial charge is 0.173 e. The number of rotatable bonds is 6. The molecule has 0 fully saturated rings. The fraction of sp³-hybridized carbons (Fsp3) is 0.235. The number of nitriles is 1. The number of halogens is 1. The molecule has 0 spiro atoms. The fourth-order valence-corrected chi connectivity index (χ4v) is 3.15. The minimum Gasteiger partial charge on any atom is -0.380 e. The van der Waals surface area contributed by atoms with E-state index in [2.05, 4.69) is 11.1 Å². The third kappa shape index (κ3) is 4.55. The third-order valence-electron chi connectivity index (χ3n) is 3.11. The minimum absolute atomic E-state index is 0.0350. The Hall–Kier alpha value is -1.87. The zero-order valence-corrected chi connectivity index (χ0v) is 14.4. The molecule has 0 saturated carbocycles. The second kappa shape index (κ2) is 8.11. The largest absolute Gasteiger partial charge is 0.380 e. The second-order valence-electron chi connectivity index (χ2n) is 4.87. The molecule has 0 aliphatic heterocycles. The van der Waals surface area contributed by atoms with Gasteiger partial charge in [-0.15, -0.1) is 0 Å². The molecule has 0 radical (unpaired) electrons. The van der Waals surface area contributed by atoms with Crippen LogP contribution in [0.4, 0.5) is 0 Å². The predicted molar refractivity (Wildman–Crippen MR) is 90.9 cm³/mol. The van der Waals surface area contributed by atoms with Gasteiger partial charge in [-0.1, -0.05) is 23.4 Å². The Morgan fingerprint density at radius 2 is 2.09 bits per heavy atom. The van der Waals surface area contributed by atoms with Gasteiger partial charge in [-0.2, -0.15) is 5.26 Å². The third-order valence-corrected chi connectivity index (χ3v) is 4.34.